The Hall–Kier alpha value is 0.400. The van der Waals surface area contributed by atoms with Crippen LogP contribution in [0, 0.1) is 0 Å². The Morgan fingerprint density at radius 2 is 2.27 bits per heavy atom. The highest BCUT2D eigenvalue weighted by Gasteiger charge is 2.31. The number of hydrogen-bond acceptors (Lipinski definition) is 2. The largest absolute Gasteiger partial charge is 0.380 e. The number of nitrogens with zero attached hydrogens (tertiary/aromatic N) is 1. The molecule has 0 N–H and O–H groups in total. The maximum absolute atomic E-state index is 5.51. The van der Waals surface area contributed by atoms with Gasteiger partial charge < -0.3 is 4.74 Å². The van der Waals surface area contributed by atoms with E-state index in [1.807, 2.05) is 0 Å². The van der Waals surface area contributed by atoms with Crippen molar-refractivity contribution in [2.24, 2.45) is 0 Å². The molecule has 15 heavy (non-hydrogen) atoms. The maximum Gasteiger partial charge on any atom is 0.0622 e. The van der Waals surface area contributed by atoms with Gasteiger partial charge in [-0.2, -0.15) is 0 Å². The smallest absolute Gasteiger partial charge is 0.0622 e. The fourth-order valence-corrected chi connectivity index (χ4v) is 3.35. The molecular weight excluding hydrogens is 254 g/mol. The summed E-state index contributed by atoms with van der Waals surface area (Å²) in [4.78, 5) is 3.36. The van der Waals surface area contributed by atoms with Crippen LogP contribution in [0.2, 0.25) is 0 Å². The summed E-state index contributed by atoms with van der Waals surface area (Å²) in [6.07, 6.45) is 6.70. The van der Waals surface area contributed by atoms with Gasteiger partial charge in [-0.05, 0) is 32.2 Å². The predicted molar refractivity (Wildman–Crippen MR) is 66.6 cm³/mol. The number of ether oxygens (including phenoxy) is 1. The number of halogens is 1. The lowest BCUT2D eigenvalue weighted by molar-refractivity contribution is 0.0765. The summed E-state index contributed by atoms with van der Waals surface area (Å²) in [5, 5.41) is 0. The van der Waals surface area contributed by atoms with Crippen LogP contribution in [0.5, 0.6) is 0 Å². The van der Waals surface area contributed by atoms with E-state index in [9.17, 15) is 0 Å². The molecule has 2 aliphatic rings. The van der Waals surface area contributed by atoms with Crippen molar-refractivity contribution in [3.8, 4) is 0 Å². The Kier molecular flexibility index (Phi) is 4.47. The maximum atomic E-state index is 5.51. The van der Waals surface area contributed by atoms with Gasteiger partial charge >= 0.3 is 0 Å². The topological polar surface area (TPSA) is 12.5 Å². The van der Waals surface area contributed by atoms with E-state index in [4.69, 9.17) is 4.74 Å². The Morgan fingerprint density at radius 1 is 1.40 bits per heavy atom. The minimum absolute atomic E-state index is 0.644. The summed E-state index contributed by atoms with van der Waals surface area (Å²) in [5.74, 6) is 0. The minimum atomic E-state index is 0.644. The van der Waals surface area contributed by atoms with E-state index in [0.717, 1.165) is 19.3 Å². The van der Waals surface area contributed by atoms with Crippen molar-refractivity contribution < 1.29 is 4.74 Å². The van der Waals surface area contributed by atoms with E-state index >= 15 is 0 Å². The molecule has 2 saturated heterocycles. The summed E-state index contributed by atoms with van der Waals surface area (Å²) >= 11 is 3.69. The minimum Gasteiger partial charge on any atom is -0.380 e. The van der Waals surface area contributed by atoms with Crippen LogP contribution in [0.4, 0.5) is 0 Å². The second-order valence-electron chi connectivity index (χ2n) is 4.92. The molecule has 0 aromatic rings. The van der Waals surface area contributed by atoms with E-state index in [1.165, 1.54) is 38.6 Å². The van der Waals surface area contributed by atoms with Gasteiger partial charge in [0.25, 0.3) is 0 Å². The molecule has 0 saturated carbocycles. The lowest BCUT2D eigenvalue weighted by Crippen LogP contribution is -2.47. The van der Waals surface area contributed by atoms with Crippen LogP contribution in [0.1, 0.15) is 39.0 Å². The first-order valence-electron chi connectivity index (χ1n) is 6.25. The number of hydrogen-bond donors (Lipinski definition) is 0. The molecule has 2 nitrogen and oxygen atoms in total. The number of piperidine rings is 1. The van der Waals surface area contributed by atoms with E-state index in [0.29, 0.717) is 10.9 Å². The van der Waals surface area contributed by atoms with Crippen molar-refractivity contribution in [1.29, 1.82) is 0 Å². The summed E-state index contributed by atoms with van der Waals surface area (Å²) in [7, 11) is 0. The summed E-state index contributed by atoms with van der Waals surface area (Å²) in [6, 6.07) is 1.50. The molecule has 0 aromatic heterocycles. The lowest BCUT2D eigenvalue weighted by Gasteiger charge is -2.40. The van der Waals surface area contributed by atoms with E-state index < -0.39 is 0 Å². The van der Waals surface area contributed by atoms with Crippen LogP contribution in [0.15, 0.2) is 0 Å². The lowest BCUT2D eigenvalue weighted by atomic mass is 9.96. The molecule has 3 heteroatoms. The zero-order valence-electron chi connectivity index (χ0n) is 9.62. The van der Waals surface area contributed by atoms with Crippen molar-refractivity contribution in [2.75, 3.05) is 19.8 Å². The van der Waals surface area contributed by atoms with Crippen LogP contribution in [0.25, 0.3) is 0 Å². The van der Waals surface area contributed by atoms with Crippen molar-refractivity contribution in [1.82, 2.24) is 4.90 Å². The monoisotopic (exact) mass is 275 g/mol. The third-order valence-electron chi connectivity index (χ3n) is 3.64. The summed E-state index contributed by atoms with van der Waals surface area (Å²) in [5.41, 5.74) is 0. The van der Waals surface area contributed by atoms with E-state index in [2.05, 4.69) is 27.8 Å². The highest BCUT2D eigenvalue weighted by atomic mass is 79.9. The molecule has 2 heterocycles. The molecule has 2 fully saturated rings. The number of rotatable bonds is 3. The fourth-order valence-electron chi connectivity index (χ4n) is 2.92. The Bertz CT molecular complexity index is 192. The van der Waals surface area contributed by atoms with Crippen LogP contribution in [-0.2, 0) is 4.74 Å². The first-order valence-corrected chi connectivity index (χ1v) is 7.16. The molecule has 0 aromatic carbocycles. The van der Waals surface area contributed by atoms with Crippen molar-refractivity contribution >= 4 is 15.9 Å². The van der Waals surface area contributed by atoms with Gasteiger partial charge in [-0.25, -0.2) is 0 Å². The SMILES string of the molecule is CC(Br)CC1CCCCN1C1CCOC1. The molecule has 3 atom stereocenters. The standard InChI is InChI=1S/C12H22BrNO/c1-10(13)8-11-4-2-3-6-14(11)12-5-7-15-9-12/h10-12H,2-9H2,1H3. The second kappa shape index (κ2) is 5.65. The molecule has 0 aliphatic carbocycles. The van der Waals surface area contributed by atoms with Gasteiger partial charge in [-0.3, -0.25) is 4.90 Å². The average molecular weight is 276 g/mol. The fraction of sp³-hybridized carbons (Fsp3) is 1.00. The summed E-state index contributed by atoms with van der Waals surface area (Å²) < 4.78 is 5.51. The van der Waals surface area contributed by atoms with Gasteiger partial charge in [-0.15, -0.1) is 0 Å². The number of likely N-dealkylation sites (tertiary alicyclic amines) is 1. The first-order chi connectivity index (χ1) is 7.27. The quantitative estimate of drug-likeness (QED) is 0.735. The third kappa shape index (κ3) is 3.18. The predicted octanol–water partition coefficient (Wildman–Crippen LogP) is 2.80. The van der Waals surface area contributed by atoms with Crippen LogP contribution in [-0.4, -0.2) is 41.6 Å². The highest BCUT2D eigenvalue weighted by Crippen LogP contribution is 2.27. The van der Waals surface area contributed by atoms with Crippen LogP contribution < -0.4 is 0 Å². The Morgan fingerprint density at radius 3 is 2.93 bits per heavy atom. The Balaban J connectivity index is 1.92. The average Bonchev–Trinajstić information content (AvgIpc) is 2.70. The molecule has 0 amide bonds. The van der Waals surface area contributed by atoms with Crippen LogP contribution in [0.3, 0.4) is 0 Å². The van der Waals surface area contributed by atoms with Gasteiger partial charge in [0.1, 0.15) is 0 Å². The van der Waals surface area contributed by atoms with Crippen molar-refractivity contribution in [3.63, 3.8) is 0 Å². The van der Waals surface area contributed by atoms with E-state index in [1.54, 1.807) is 0 Å². The van der Waals surface area contributed by atoms with Gasteiger partial charge in [-0.1, -0.05) is 29.3 Å². The molecule has 2 rings (SSSR count). The van der Waals surface area contributed by atoms with E-state index in [-0.39, 0.29) is 0 Å². The third-order valence-corrected chi connectivity index (χ3v) is 4.02. The normalized spacial score (nSPS) is 35.6. The van der Waals surface area contributed by atoms with Crippen molar-refractivity contribution in [2.45, 2.75) is 55.9 Å². The van der Waals surface area contributed by atoms with Gasteiger partial charge in [0, 0.05) is 23.5 Å². The molecule has 88 valence electrons. The van der Waals surface area contributed by atoms with Crippen LogP contribution >= 0.6 is 15.9 Å². The second-order valence-corrected chi connectivity index (χ2v) is 6.48. The Labute approximate surface area is 101 Å². The van der Waals surface area contributed by atoms with Gasteiger partial charge in [0.2, 0.25) is 0 Å². The number of alkyl halides is 1. The molecular formula is C12H22BrNO. The first kappa shape index (κ1) is 11.9. The molecule has 3 unspecified atom stereocenters. The molecule has 0 radical (unpaired) electrons. The van der Waals surface area contributed by atoms with Gasteiger partial charge in [0.05, 0.1) is 6.61 Å². The summed E-state index contributed by atoms with van der Waals surface area (Å²) in [6.45, 7) is 5.49. The molecule has 0 spiro atoms. The molecule has 0 bridgehead atoms. The van der Waals surface area contributed by atoms with Gasteiger partial charge in [0.15, 0.2) is 0 Å². The highest BCUT2D eigenvalue weighted by molar-refractivity contribution is 9.09. The molecule has 2 aliphatic heterocycles. The van der Waals surface area contributed by atoms with Crippen molar-refractivity contribution in [3.05, 3.63) is 0 Å². The zero-order chi connectivity index (χ0) is 10.7. The zero-order valence-corrected chi connectivity index (χ0v) is 11.2.